The standard InChI is InChI=1S/C26H33FN4O2/c1-3-33-25(32)31-17-26(18-31)10-9-20(16-26)29-12-14-30(15-13-29)24-21(7-5-11-28-24)23-19(2)6-4-8-22(23)27/h4-8,11,20H,3,9-10,12-18H2,1-2H3/t20-/m1/s1. The van der Waals surface area contributed by atoms with Gasteiger partial charge in [0.25, 0.3) is 0 Å². The number of likely N-dealkylation sites (tertiary alicyclic amines) is 1. The Morgan fingerprint density at radius 2 is 1.97 bits per heavy atom. The number of amides is 1. The summed E-state index contributed by atoms with van der Waals surface area (Å²) in [5.41, 5.74) is 2.73. The molecular weight excluding hydrogens is 419 g/mol. The van der Waals surface area contributed by atoms with Crippen LogP contribution in [0.2, 0.25) is 0 Å². The highest BCUT2D eigenvalue weighted by molar-refractivity contribution is 5.78. The van der Waals surface area contributed by atoms with Crippen LogP contribution in [0.4, 0.5) is 15.0 Å². The summed E-state index contributed by atoms with van der Waals surface area (Å²) in [6.07, 6.45) is 5.17. The normalized spacial score (nSPS) is 22.5. The second-order valence-electron chi connectivity index (χ2n) is 9.78. The zero-order valence-corrected chi connectivity index (χ0v) is 19.6. The van der Waals surface area contributed by atoms with Crippen LogP contribution in [-0.2, 0) is 4.74 Å². The van der Waals surface area contributed by atoms with E-state index < -0.39 is 0 Å². The van der Waals surface area contributed by atoms with Crippen molar-refractivity contribution in [3.05, 3.63) is 47.9 Å². The predicted octanol–water partition coefficient (Wildman–Crippen LogP) is 4.33. The number of nitrogens with zero attached hydrogens (tertiary/aromatic N) is 4. The van der Waals surface area contributed by atoms with Crippen LogP contribution in [-0.4, -0.2) is 72.8 Å². The van der Waals surface area contributed by atoms with E-state index in [1.165, 1.54) is 18.9 Å². The van der Waals surface area contributed by atoms with Crippen molar-refractivity contribution in [3.8, 4) is 11.1 Å². The molecule has 3 fully saturated rings. The molecule has 0 N–H and O–H groups in total. The second-order valence-corrected chi connectivity index (χ2v) is 9.78. The predicted molar refractivity (Wildman–Crippen MR) is 127 cm³/mol. The number of carbonyl (C=O) groups is 1. The minimum Gasteiger partial charge on any atom is -0.450 e. The Balaban J connectivity index is 1.22. The lowest BCUT2D eigenvalue weighted by Gasteiger charge is -2.48. The molecule has 0 unspecified atom stereocenters. The van der Waals surface area contributed by atoms with Gasteiger partial charge in [0.1, 0.15) is 11.6 Å². The number of ether oxygens (including phenoxy) is 1. The highest BCUT2D eigenvalue weighted by atomic mass is 19.1. The zero-order chi connectivity index (χ0) is 23.0. The fourth-order valence-electron chi connectivity index (χ4n) is 6.00. The number of rotatable bonds is 4. The van der Waals surface area contributed by atoms with Gasteiger partial charge >= 0.3 is 6.09 Å². The first-order valence-electron chi connectivity index (χ1n) is 12.1. The molecule has 1 aromatic heterocycles. The van der Waals surface area contributed by atoms with Gasteiger partial charge in [-0.05, 0) is 56.9 Å². The highest BCUT2D eigenvalue weighted by Gasteiger charge is 2.51. The van der Waals surface area contributed by atoms with Crippen molar-refractivity contribution < 1.29 is 13.9 Å². The third-order valence-corrected chi connectivity index (χ3v) is 7.66. The number of pyridine rings is 1. The van der Waals surface area contributed by atoms with Gasteiger partial charge < -0.3 is 14.5 Å². The molecule has 2 saturated heterocycles. The number of halogens is 1. The zero-order valence-electron chi connectivity index (χ0n) is 19.6. The van der Waals surface area contributed by atoms with E-state index >= 15 is 0 Å². The van der Waals surface area contributed by atoms with Crippen molar-refractivity contribution in [1.29, 1.82) is 0 Å². The molecule has 2 aliphatic heterocycles. The molecule has 3 heterocycles. The van der Waals surface area contributed by atoms with Crippen LogP contribution in [0.5, 0.6) is 0 Å². The molecule has 176 valence electrons. The number of piperazine rings is 1. The van der Waals surface area contributed by atoms with Crippen molar-refractivity contribution in [2.75, 3.05) is 50.8 Å². The number of benzene rings is 1. The molecule has 0 radical (unpaired) electrons. The molecule has 0 bridgehead atoms. The summed E-state index contributed by atoms with van der Waals surface area (Å²) in [5.74, 6) is 0.675. The van der Waals surface area contributed by atoms with E-state index in [2.05, 4.69) is 14.8 Å². The van der Waals surface area contributed by atoms with E-state index in [1.807, 2.05) is 36.9 Å². The van der Waals surface area contributed by atoms with Crippen LogP contribution in [0.15, 0.2) is 36.5 Å². The minimum absolute atomic E-state index is 0.170. The van der Waals surface area contributed by atoms with Gasteiger partial charge in [-0.2, -0.15) is 0 Å². The molecular formula is C26H33FN4O2. The molecule has 5 rings (SSSR count). The lowest BCUT2D eigenvalue weighted by molar-refractivity contribution is -0.00294. The highest BCUT2D eigenvalue weighted by Crippen LogP contribution is 2.47. The fraction of sp³-hybridized carbons (Fsp3) is 0.538. The molecule has 1 atom stereocenters. The van der Waals surface area contributed by atoms with Crippen molar-refractivity contribution in [2.45, 2.75) is 39.2 Å². The van der Waals surface area contributed by atoms with Crippen molar-refractivity contribution >= 4 is 11.9 Å². The summed E-state index contributed by atoms with van der Waals surface area (Å²) >= 11 is 0. The molecule has 3 aliphatic rings. The summed E-state index contributed by atoms with van der Waals surface area (Å²) < 4.78 is 19.8. The number of anilines is 1. The van der Waals surface area contributed by atoms with Crippen molar-refractivity contribution in [2.24, 2.45) is 5.41 Å². The van der Waals surface area contributed by atoms with Crippen molar-refractivity contribution in [3.63, 3.8) is 0 Å². The van der Waals surface area contributed by atoms with Crippen LogP contribution < -0.4 is 4.90 Å². The number of hydrogen-bond donors (Lipinski definition) is 0. The minimum atomic E-state index is -0.198. The molecule has 1 aliphatic carbocycles. The molecule has 6 nitrogen and oxygen atoms in total. The lowest BCUT2D eigenvalue weighted by atomic mass is 9.78. The van der Waals surface area contributed by atoms with Gasteiger partial charge in [-0.3, -0.25) is 4.90 Å². The summed E-state index contributed by atoms with van der Waals surface area (Å²) in [6.45, 7) is 9.64. The maximum absolute atomic E-state index is 14.7. The number of aryl methyl sites for hydroxylation is 1. The quantitative estimate of drug-likeness (QED) is 0.691. The topological polar surface area (TPSA) is 48.9 Å². The van der Waals surface area contributed by atoms with Gasteiger partial charge in [-0.15, -0.1) is 0 Å². The molecule has 1 spiro atoms. The third kappa shape index (κ3) is 4.19. The van der Waals surface area contributed by atoms with Crippen LogP contribution in [0.25, 0.3) is 11.1 Å². The van der Waals surface area contributed by atoms with Gasteiger partial charge in [0, 0.05) is 68.0 Å². The average Bonchev–Trinajstić information content (AvgIpc) is 3.25. The van der Waals surface area contributed by atoms with Crippen molar-refractivity contribution in [1.82, 2.24) is 14.8 Å². The lowest BCUT2D eigenvalue weighted by Crippen LogP contribution is -2.58. The third-order valence-electron chi connectivity index (χ3n) is 7.66. The van der Waals surface area contributed by atoms with Gasteiger partial charge in [0.15, 0.2) is 0 Å². The van der Waals surface area contributed by atoms with Gasteiger partial charge in [-0.25, -0.2) is 14.2 Å². The van der Waals surface area contributed by atoms with E-state index in [-0.39, 0.29) is 17.3 Å². The maximum atomic E-state index is 14.7. The molecule has 33 heavy (non-hydrogen) atoms. The van der Waals surface area contributed by atoms with E-state index in [1.54, 1.807) is 12.3 Å². The van der Waals surface area contributed by atoms with Crippen LogP contribution in [0.1, 0.15) is 31.7 Å². The SMILES string of the molecule is CCOC(=O)N1CC2(CC[C@@H](N3CCN(c4ncccc4-c4c(C)cccc4F)CC3)C2)C1. The molecule has 1 amide bonds. The van der Waals surface area contributed by atoms with Crippen LogP contribution in [0, 0.1) is 18.2 Å². The largest absolute Gasteiger partial charge is 0.450 e. The Bertz CT molecular complexity index is 995. The Hall–Kier alpha value is -2.67. The molecule has 1 saturated carbocycles. The summed E-state index contributed by atoms with van der Waals surface area (Å²) in [6, 6.07) is 9.67. The van der Waals surface area contributed by atoms with Crippen LogP contribution in [0.3, 0.4) is 0 Å². The molecule has 2 aromatic rings. The van der Waals surface area contributed by atoms with E-state index in [9.17, 15) is 9.18 Å². The molecule has 7 heteroatoms. The Kier molecular flexibility index (Phi) is 5.99. The number of hydrogen-bond acceptors (Lipinski definition) is 5. The number of carbonyl (C=O) groups excluding carboxylic acids is 1. The van der Waals surface area contributed by atoms with E-state index in [4.69, 9.17) is 4.74 Å². The molecule has 1 aromatic carbocycles. The Morgan fingerprint density at radius 3 is 2.70 bits per heavy atom. The van der Waals surface area contributed by atoms with Gasteiger partial charge in [-0.1, -0.05) is 12.1 Å². The van der Waals surface area contributed by atoms with Gasteiger partial charge in [0.05, 0.1) is 6.61 Å². The first-order valence-corrected chi connectivity index (χ1v) is 12.1. The fourth-order valence-corrected chi connectivity index (χ4v) is 6.00. The Morgan fingerprint density at radius 1 is 1.18 bits per heavy atom. The maximum Gasteiger partial charge on any atom is 0.409 e. The summed E-state index contributed by atoms with van der Waals surface area (Å²) in [7, 11) is 0. The average molecular weight is 453 g/mol. The van der Waals surface area contributed by atoms with E-state index in [0.29, 0.717) is 18.2 Å². The first-order chi connectivity index (χ1) is 16.0. The van der Waals surface area contributed by atoms with Gasteiger partial charge in [0.2, 0.25) is 0 Å². The summed E-state index contributed by atoms with van der Waals surface area (Å²) in [4.78, 5) is 23.4. The first kappa shape index (κ1) is 22.1. The summed E-state index contributed by atoms with van der Waals surface area (Å²) in [5, 5.41) is 0. The number of aromatic nitrogens is 1. The Labute approximate surface area is 195 Å². The van der Waals surface area contributed by atoms with E-state index in [0.717, 1.165) is 62.6 Å². The second kappa shape index (κ2) is 8.93. The van der Waals surface area contributed by atoms with Crippen LogP contribution >= 0.6 is 0 Å². The smallest absolute Gasteiger partial charge is 0.409 e. The monoisotopic (exact) mass is 452 g/mol.